The van der Waals surface area contributed by atoms with Gasteiger partial charge in [0, 0.05) is 5.92 Å². The maximum Gasteiger partial charge on any atom is 0.165 e. The predicted octanol–water partition coefficient (Wildman–Crippen LogP) is 3.86. The van der Waals surface area contributed by atoms with Crippen molar-refractivity contribution in [1.29, 1.82) is 0 Å². The third-order valence-electron chi connectivity index (χ3n) is 2.52. The van der Waals surface area contributed by atoms with Crippen LogP contribution in [0.4, 0.5) is 4.39 Å². The average Bonchev–Trinajstić information content (AvgIpc) is 2.28. The molecule has 0 bridgehead atoms. The second kappa shape index (κ2) is 6.79. The highest BCUT2D eigenvalue weighted by molar-refractivity contribution is 7.80. The number of thiol groups is 1. The molecular weight excluding hydrogens is 223 g/mol. The Morgan fingerprint density at radius 2 is 2.19 bits per heavy atom. The van der Waals surface area contributed by atoms with Crippen LogP contribution in [-0.2, 0) is 0 Å². The van der Waals surface area contributed by atoms with Gasteiger partial charge >= 0.3 is 0 Å². The zero-order chi connectivity index (χ0) is 12.0. The zero-order valence-electron chi connectivity index (χ0n) is 9.87. The van der Waals surface area contributed by atoms with E-state index in [1.54, 1.807) is 12.1 Å². The van der Waals surface area contributed by atoms with Crippen LogP contribution in [0.5, 0.6) is 5.75 Å². The lowest BCUT2D eigenvalue weighted by atomic mass is 10.1. The second-order valence-corrected chi connectivity index (χ2v) is 4.45. The van der Waals surface area contributed by atoms with Gasteiger partial charge in [-0.1, -0.05) is 19.4 Å². The Hall–Kier alpha value is -0.700. The fourth-order valence-corrected chi connectivity index (χ4v) is 1.85. The van der Waals surface area contributed by atoms with Crippen molar-refractivity contribution in [3.05, 3.63) is 29.6 Å². The minimum absolute atomic E-state index is 0.292. The molecule has 0 aliphatic rings. The number of aryl methyl sites for hydroxylation is 1. The first-order chi connectivity index (χ1) is 7.67. The molecule has 1 atom stereocenters. The Kier molecular flexibility index (Phi) is 5.67. The van der Waals surface area contributed by atoms with Crippen molar-refractivity contribution in [2.75, 3.05) is 12.4 Å². The van der Waals surface area contributed by atoms with Crippen LogP contribution in [0.15, 0.2) is 18.2 Å². The lowest BCUT2D eigenvalue weighted by Crippen LogP contribution is -2.14. The van der Waals surface area contributed by atoms with Gasteiger partial charge in [-0.2, -0.15) is 12.6 Å². The summed E-state index contributed by atoms with van der Waals surface area (Å²) in [6.07, 6.45) is 2.17. The summed E-state index contributed by atoms with van der Waals surface area (Å²) in [7, 11) is 0. The minimum atomic E-state index is -0.292. The summed E-state index contributed by atoms with van der Waals surface area (Å²) in [5.74, 6) is 1.23. The standard InChI is InChI=1S/C13H19FOS/c1-3-4-11(9-16)8-15-13-7-10(2)5-6-12(13)14/h5-7,11,16H,3-4,8-9H2,1-2H3. The highest BCUT2D eigenvalue weighted by atomic mass is 32.1. The van der Waals surface area contributed by atoms with E-state index in [0.717, 1.165) is 24.2 Å². The Balaban J connectivity index is 2.55. The first-order valence-corrected chi connectivity index (χ1v) is 6.30. The number of hydrogen-bond acceptors (Lipinski definition) is 2. The van der Waals surface area contributed by atoms with Crippen molar-refractivity contribution >= 4 is 12.6 Å². The van der Waals surface area contributed by atoms with Gasteiger partial charge in [0.2, 0.25) is 0 Å². The smallest absolute Gasteiger partial charge is 0.165 e. The van der Waals surface area contributed by atoms with Crippen LogP contribution in [0.1, 0.15) is 25.3 Å². The molecule has 1 aromatic rings. The SMILES string of the molecule is CCCC(CS)COc1cc(C)ccc1F. The number of rotatable bonds is 6. The van der Waals surface area contributed by atoms with Crippen LogP contribution in [0.3, 0.4) is 0 Å². The third kappa shape index (κ3) is 4.05. The van der Waals surface area contributed by atoms with Gasteiger partial charge in [-0.15, -0.1) is 0 Å². The maximum atomic E-state index is 13.4. The van der Waals surface area contributed by atoms with E-state index < -0.39 is 0 Å². The van der Waals surface area contributed by atoms with E-state index in [-0.39, 0.29) is 5.82 Å². The summed E-state index contributed by atoms with van der Waals surface area (Å²) in [4.78, 5) is 0. The molecule has 1 rings (SSSR count). The monoisotopic (exact) mass is 242 g/mol. The maximum absolute atomic E-state index is 13.4. The molecule has 1 unspecified atom stereocenters. The molecule has 0 N–H and O–H groups in total. The molecule has 0 fully saturated rings. The van der Waals surface area contributed by atoms with E-state index in [2.05, 4.69) is 19.6 Å². The van der Waals surface area contributed by atoms with Gasteiger partial charge in [-0.05, 0) is 36.8 Å². The molecule has 0 aliphatic carbocycles. The van der Waals surface area contributed by atoms with Crippen molar-refractivity contribution in [2.45, 2.75) is 26.7 Å². The molecule has 1 aromatic carbocycles. The molecule has 90 valence electrons. The number of halogens is 1. The van der Waals surface area contributed by atoms with Crippen molar-refractivity contribution in [1.82, 2.24) is 0 Å². The molecule has 0 radical (unpaired) electrons. The molecule has 16 heavy (non-hydrogen) atoms. The van der Waals surface area contributed by atoms with Crippen LogP contribution in [-0.4, -0.2) is 12.4 Å². The van der Waals surface area contributed by atoms with E-state index in [0.29, 0.717) is 18.3 Å². The predicted molar refractivity (Wildman–Crippen MR) is 68.9 cm³/mol. The summed E-state index contributed by atoms with van der Waals surface area (Å²) < 4.78 is 18.9. The molecule has 0 amide bonds. The Morgan fingerprint density at radius 1 is 1.44 bits per heavy atom. The molecule has 0 saturated heterocycles. The molecule has 0 aliphatic heterocycles. The van der Waals surface area contributed by atoms with Crippen LogP contribution >= 0.6 is 12.6 Å². The fraction of sp³-hybridized carbons (Fsp3) is 0.538. The van der Waals surface area contributed by atoms with E-state index in [4.69, 9.17) is 4.74 Å². The van der Waals surface area contributed by atoms with Crippen molar-refractivity contribution in [3.63, 3.8) is 0 Å². The summed E-state index contributed by atoms with van der Waals surface area (Å²) in [5.41, 5.74) is 1.01. The van der Waals surface area contributed by atoms with Gasteiger partial charge in [-0.25, -0.2) is 4.39 Å². The lowest BCUT2D eigenvalue weighted by molar-refractivity contribution is 0.244. The van der Waals surface area contributed by atoms with Crippen molar-refractivity contribution in [3.8, 4) is 5.75 Å². The summed E-state index contributed by atoms with van der Waals surface area (Å²) in [6.45, 7) is 4.59. The molecule has 0 saturated carbocycles. The first kappa shape index (κ1) is 13.4. The molecule has 1 nitrogen and oxygen atoms in total. The number of hydrogen-bond donors (Lipinski definition) is 1. The topological polar surface area (TPSA) is 9.23 Å². The van der Waals surface area contributed by atoms with Crippen molar-refractivity contribution < 1.29 is 9.13 Å². The number of benzene rings is 1. The highest BCUT2D eigenvalue weighted by Gasteiger charge is 2.09. The van der Waals surface area contributed by atoms with E-state index in [9.17, 15) is 4.39 Å². The third-order valence-corrected chi connectivity index (χ3v) is 3.03. The average molecular weight is 242 g/mol. The van der Waals surface area contributed by atoms with Gasteiger partial charge in [0.05, 0.1) is 6.61 Å². The highest BCUT2D eigenvalue weighted by Crippen LogP contribution is 2.20. The Bertz CT molecular complexity index is 328. The van der Waals surface area contributed by atoms with Crippen LogP contribution in [0, 0.1) is 18.7 Å². The summed E-state index contributed by atoms with van der Waals surface area (Å²) in [5, 5.41) is 0. The molecule has 0 spiro atoms. The first-order valence-electron chi connectivity index (χ1n) is 5.67. The zero-order valence-corrected chi connectivity index (χ0v) is 10.8. The molecular formula is C13H19FOS. The quantitative estimate of drug-likeness (QED) is 0.745. The van der Waals surface area contributed by atoms with Gasteiger partial charge in [-0.3, -0.25) is 0 Å². The van der Waals surface area contributed by atoms with Gasteiger partial charge in [0.1, 0.15) is 0 Å². The minimum Gasteiger partial charge on any atom is -0.490 e. The van der Waals surface area contributed by atoms with Crippen LogP contribution in [0.25, 0.3) is 0 Å². The second-order valence-electron chi connectivity index (χ2n) is 4.08. The van der Waals surface area contributed by atoms with Crippen molar-refractivity contribution in [2.24, 2.45) is 5.92 Å². The van der Waals surface area contributed by atoms with Gasteiger partial charge in [0.25, 0.3) is 0 Å². The molecule has 3 heteroatoms. The normalized spacial score (nSPS) is 12.5. The largest absolute Gasteiger partial charge is 0.490 e. The van der Waals surface area contributed by atoms with E-state index in [1.165, 1.54) is 6.07 Å². The van der Waals surface area contributed by atoms with E-state index >= 15 is 0 Å². The van der Waals surface area contributed by atoms with Gasteiger partial charge < -0.3 is 4.74 Å². The summed E-state index contributed by atoms with van der Waals surface area (Å²) in [6, 6.07) is 4.92. The Morgan fingerprint density at radius 3 is 2.81 bits per heavy atom. The lowest BCUT2D eigenvalue weighted by Gasteiger charge is -2.15. The number of ether oxygens (including phenoxy) is 1. The van der Waals surface area contributed by atoms with Gasteiger partial charge in [0.15, 0.2) is 11.6 Å². The molecule has 0 aromatic heterocycles. The van der Waals surface area contributed by atoms with Crippen LogP contribution < -0.4 is 4.74 Å². The van der Waals surface area contributed by atoms with E-state index in [1.807, 2.05) is 6.92 Å². The van der Waals surface area contributed by atoms with Crippen LogP contribution in [0.2, 0.25) is 0 Å². The Labute approximate surface area is 102 Å². The fourth-order valence-electron chi connectivity index (χ4n) is 1.56. The summed E-state index contributed by atoms with van der Waals surface area (Å²) >= 11 is 4.27. The molecule has 0 heterocycles.